The molecule has 0 saturated carbocycles. The molecule has 2 fully saturated rings. The number of hydrogen-bond acceptors (Lipinski definition) is 5. The molecule has 4 N–H and O–H groups in total. The van der Waals surface area contributed by atoms with Crippen LogP contribution in [-0.4, -0.2) is 93.3 Å². The van der Waals surface area contributed by atoms with Crippen LogP contribution in [0, 0.1) is 5.92 Å². The fourth-order valence-electron chi connectivity index (χ4n) is 3.50. The largest absolute Gasteiger partial charge is 0.379 e. The lowest BCUT2D eigenvalue weighted by Crippen LogP contribution is -2.50. The van der Waals surface area contributed by atoms with Crippen LogP contribution in [-0.2, 0) is 9.53 Å². The van der Waals surface area contributed by atoms with Gasteiger partial charge in [-0.05, 0) is 25.7 Å². The molecule has 0 radical (unpaired) electrons. The van der Waals surface area contributed by atoms with Gasteiger partial charge in [0, 0.05) is 51.9 Å². The van der Waals surface area contributed by atoms with E-state index in [1.54, 1.807) is 0 Å². The van der Waals surface area contributed by atoms with Crippen LogP contribution in [0.2, 0.25) is 0 Å². The highest BCUT2D eigenvalue weighted by Gasteiger charge is 2.21. The Balaban J connectivity index is 1.74. The number of ether oxygens (including phenoxy) is 1. The Bertz CT molecular complexity index is 445. The molecule has 2 saturated heterocycles. The molecule has 2 aliphatic rings. The number of nitrogens with one attached hydrogen (secondary N) is 2. The standard InChI is InChI=1S/C18H36N6O2/c1-3-20-18(21-12-15(2)13-24-8-10-26-11-9-24)22-16-4-6-23(7-5-16)14-17(19)25/h15-16H,3-14H2,1-2H3,(H2,19,25)(H2,20,21,22). The molecule has 26 heavy (non-hydrogen) atoms. The zero-order chi connectivity index (χ0) is 18.8. The van der Waals surface area contributed by atoms with E-state index in [-0.39, 0.29) is 5.91 Å². The van der Waals surface area contributed by atoms with Gasteiger partial charge in [-0.2, -0.15) is 0 Å². The number of aliphatic imine (C=N–C) groups is 1. The lowest BCUT2D eigenvalue weighted by atomic mass is 10.1. The molecule has 150 valence electrons. The first kappa shape index (κ1) is 20.9. The van der Waals surface area contributed by atoms with Crippen molar-refractivity contribution in [1.29, 1.82) is 0 Å². The number of carbonyl (C=O) groups excluding carboxylic acids is 1. The summed E-state index contributed by atoms with van der Waals surface area (Å²) in [5.74, 6) is 1.16. The Morgan fingerprint density at radius 3 is 2.54 bits per heavy atom. The maximum Gasteiger partial charge on any atom is 0.231 e. The van der Waals surface area contributed by atoms with Crippen LogP contribution in [0.1, 0.15) is 26.7 Å². The molecule has 0 aromatic heterocycles. The van der Waals surface area contributed by atoms with Gasteiger partial charge in [-0.1, -0.05) is 6.92 Å². The summed E-state index contributed by atoms with van der Waals surface area (Å²) in [6, 6.07) is 0.395. The highest BCUT2D eigenvalue weighted by Crippen LogP contribution is 2.10. The number of rotatable bonds is 8. The maximum atomic E-state index is 11.0. The topological polar surface area (TPSA) is 95.2 Å². The second kappa shape index (κ2) is 11.4. The van der Waals surface area contributed by atoms with Crippen LogP contribution in [0.3, 0.4) is 0 Å². The van der Waals surface area contributed by atoms with Gasteiger partial charge in [0.15, 0.2) is 5.96 Å². The third-order valence-corrected chi connectivity index (χ3v) is 4.89. The molecule has 0 aromatic carbocycles. The van der Waals surface area contributed by atoms with E-state index in [1.165, 1.54) is 0 Å². The lowest BCUT2D eigenvalue weighted by Gasteiger charge is -2.32. The van der Waals surface area contributed by atoms with Crippen LogP contribution >= 0.6 is 0 Å². The van der Waals surface area contributed by atoms with Crippen molar-refractivity contribution in [2.24, 2.45) is 16.6 Å². The first-order valence-corrected chi connectivity index (χ1v) is 9.92. The third kappa shape index (κ3) is 7.88. The highest BCUT2D eigenvalue weighted by molar-refractivity contribution is 5.80. The van der Waals surface area contributed by atoms with E-state index in [9.17, 15) is 4.79 Å². The van der Waals surface area contributed by atoms with Crippen LogP contribution in [0.4, 0.5) is 0 Å². The van der Waals surface area contributed by atoms with Gasteiger partial charge in [0.25, 0.3) is 0 Å². The SMILES string of the molecule is CCNC(=NCC(C)CN1CCOCC1)NC1CCN(CC(N)=O)CC1. The molecule has 8 nitrogen and oxygen atoms in total. The second-order valence-electron chi connectivity index (χ2n) is 7.40. The Labute approximate surface area is 157 Å². The molecule has 1 atom stereocenters. The molecule has 0 bridgehead atoms. The number of likely N-dealkylation sites (tertiary alicyclic amines) is 1. The Morgan fingerprint density at radius 2 is 1.92 bits per heavy atom. The van der Waals surface area contributed by atoms with Crippen molar-refractivity contribution in [2.75, 3.05) is 65.6 Å². The molecule has 1 amide bonds. The van der Waals surface area contributed by atoms with Crippen molar-refractivity contribution in [3.8, 4) is 0 Å². The van der Waals surface area contributed by atoms with E-state index in [0.29, 0.717) is 18.5 Å². The Kier molecular flexibility index (Phi) is 9.14. The van der Waals surface area contributed by atoms with E-state index in [1.807, 2.05) is 0 Å². The van der Waals surface area contributed by atoms with E-state index in [4.69, 9.17) is 15.5 Å². The lowest BCUT2D eigenvalue weighted by molar-refractivity contribution is -0.119. The molecule has 8 heteroatoms. The number of amides is 1. The van der Waals surface area contributed by atoms with E-state index in [0.717, 1.165) is 77.8 Å². The average molecular weight is 369 g/mol. The minimum absolute atomic E-state index is 0.249. The first-order chi connectivity index (χ1) is 12.6. The molecule has 1 unspecified atom stereocenters. The molecule has 2 aliphatic heterocycles. The zero-order valence-corrected chi connectivity index (χ0v) is 16.4. The Hall–Kier alpha value is -1.38. The van der Waals surface area contributed by atoms with Gasteiger partial charge in [0.2, 0.25) is 5.91 Å². The van der Waals surface area contributed by atoms with Crippen molar-refractivity contribution in [2.45, 2.75) is 32.7 Å². The number of piperidine rings is 1. The van der Waals surface area contributed by atoms with Gasteiger partial charge in [-0.3, -0.25) is 19.6 Å². The molecule has 0 spiro atoms. The van der Waals surface area contributed by atoms with Gasteiger partial charge in [0.05, 0.1) is 19.8 Å². The molecular weight excluding hydrogens is 332 g/mol. The van der Waals surface area contributed by atoms with Gasteiger partial charge < -0.3 is 21.1 Å². The fraction of sp³-hybridized carbons (Fsp3) is 0.889. The van der Waals surface area contributed by atoms with Crippen LogP contribution in [0.5, 0.6) is 0 Å². The predicted octanol–water partition coefficient (Wildman–Crippen LogP) is -0.540. The van der Waals surface area contributed by atoms with Gasteiger partial charge in [-0.25, -0.2) is 0 Å². The smallest absolute Gasteiger partial charge is 0.231 e. The van der Waals surface area contributed by atoms with Crippen molar-refractivity contribution in [1.82, 2.24) is 20.4 Å². The highest BCUT2D eigenvalue weighted by atomic mass is 16.5. The molecule has 2 rings (SSSR count). The summed E-state index contributed by atoms with van der Waals surface area (Å²) in [4.78, 5) is 20.4. The summed E-state index contributed by atoms with van der Waals surface area (Å²) in [6.45, 7) is 13.0. The van der Waals surface area contributed by atoms with E-state index < -0.39 is 0 Å². The summed E-state index contributed by atoms with van der Waals surface area (Å²) in [5, 5.41) is 6.90. The van der Waals surface area contributed by atoms with Crippen molar-refractivity contribution in [3.63, 3.8) is 0 Å². The van der Waals surface area contributed by atoms with Crippen molar-refractivity contribution < 1.29 is 9.53 Å². The summed E-state index contributed by atoms with van der Waals surface area (Å²) in [6.07, 6.45) is 2.00. The fourth-order valence-corrected chi connectivity index (χ4v) is 3.50. The van der Waals surface area contributed by atoms with E-state index in [2.05, 4.69) is 34.3 Å². The van der Waals surface area contributed by atoms with Crippen LogP contribution in [0.15, 0.2) is 4.99 Å². The number of guanidine groups is 1. The number of primary amides is 1. The summed E-state index contributed by atoms with van der Waals surface area (Å²) < 4.78 is 5.41. The molecular formula is C18H36N6O2. The third-order valence-electron chi connectivity index (χ3n) is 4.89. The molecule has 0 aliphatic carbocycles. The van der Waals surface area contributed by atoms with Crippen LogP contribution < -0.4 is 16.4 Å². The summed E-state index contributed by atoms with van der Waals surface area (Å²) >= 11 is 0. The van der Waals surface area contributed by atoms with Crippen molar-refractivity contribution >= 4 is 11.9 Å². The minimum Gasteiger partial charge on any atom is -0.379 e. The number of carbonyl (C=O) groups is 1. The van der Waals surface area contributed by atoms with Gasteiger partial charge in [-0.15, -0.1) is 0 Å². The quantitative estimate of drug-likeness (QED) is 0.393. The number of morpholine rings is 1. The second-order valence-corrected chi connectivity index (χ2v) is 7.40. The summed E-state index contributed by atoms with van der Waals surface area (Å²) in [7, 11) is 0. The maximum absolute atomic E-state index is 11.0. The van der Waals surface area contributed by atoms with Crippen molar-refractivity contribution in [3.05, 3.63) is 0 Å². The normalized spacial score (nSPS) is 22.2. The number of nitrogens with zero attached hydrogens (tertiary/aromatic N) is 3. The van der Waals surface area contributed by atoms with Crippen LogP contribution in [0.25, 0.3) is 0 Å². The first-order valence-electron chi connectivity index (χ1n) is 9.92. The monoisotopic (exact) mass is 368 g/mol. The zero-order valence-electron chi connectivity index (χ0n) is 16.4. The van der Waals surface area contributed by atoms with E-state index >= 15 is 0 Å². The molecule has 0 aromatic rings. The minimum atomic E-state index is -0.249. The average Bonchev–Trinajstić information content (AvgIpc) is 2.62. The molecule has 2 heterocycles. The van der Waals surface area contributed by atoms with Gasteiger partial charge in [0.1, 0.15) is 0 Å². The van der Waals surface area contributed by atoms with Gasteiger partial charge >= 0.3 is 0 Å². The number of hydrogen-bond donors (Lipinski definition) is 3. The number of nitrogens with two attached hydrogens (primary N) is 1. The predicted molar refractivity (Wildman–Crippen MR) is 104 cm³/mol. The Morgan fingerprint density at radius 1 is 1.23 bits per heavy atom. The summed E-state index contributed by atoms with van der Waals surface area (Å²) in [5.41, 5.74) is 5.28.